The minimum Gasteiger partial charge on any atom is -0.897 e. The molecule has 1 aliphatic rings. The number of benzene rings is 7. The van der Waals surface area contributed by atoms with Crippen molar-refractivity contribution in [2.24, 2.45) is 16.2 Å². The van der Waals surface area contributed by atoms with Crippen LogP contribution in [0, 0.1) is 57.8 Å². The van der Waals surface area contributed by atoms with Crippen molar-refractivity contribution >= 4 is 36.8 Å². The monoisotopic (exact) mass is 1250 g/mol. The van der Waals surface area contributed by atoms with Gasteiger partial charge in [-0.1, -0.05) is 332 Å². The fourth-order valence-electron chi connectivity index (χ4n) is 8.43. The second-order valence-corrected chi connectivity index (χ2v) is 26.3. The Hall–Kier alpha value is -4.85. The van der Waals surface area contributed by atoms with Crippen LogP contribution < -0.4 is 39.8 Å². The maximum absolute atomic E-state index is 13.4. The van der Waals surface area contributed by atoms with Crippen LogP contribution in [0.3, 0.4) is 0 Å². The third kappa shape index (κ3) is 34.9. The fourth-order valence-corrected chi connectivity index (χ4v) is 9.35. The minimum absolute atomic E-state index is 0. The molecule has 0 spiro atoms. The standard InChI is InChI=1S/C28H22O2P.3C13H20N.C5H12.C4H8O.Na.Nb/c29-27(25(21-13-5-1-6-14-21)22-15-7-2-8-16-22)31-28(30)26(23-17-9-3-10-18-23)24-19-11-4-12-20-24;3*1-10-6-11(2)8-12(7-10)14-9-13(3,4)5;1-3-5-4-2;1-2-4-5-3-1;;/h1-20,29-30H;3*6-8H,9H2,1-5H3;3-5H2,1-2H3;1-4H2;;/q4*-1;;;+1;+5/p-2. The van der Waals surface area contributed by atoms with E-state index < -0.39 is 0 Å². The molecule has 0 amide bonds. The molecule has 1 aliphatic heterocycles. The van der Waals surface area contributed by atoms with Gasteiger partial charge in [0, 0.05) is 13.2 Å². The molecule has 0 N–H and O–H groups in total. The molecule has 8 rings (SSSR count). The summed E-state index contributed by atoms with van der Waals surface area (Å²) in [6, 6.07) is 57.4. The first-order valence-corrected chi connectivity index (χ1v) is 30.8. The summed E-state index contributed by atoms with van der Waals surface area (Å²) in [6.07, 6.45) is 6.63. The molecule has 0 unspecified atom stereocenters. The number of rotatable bonds is 14. The zero-order valence-electron chi connectivity index (χ0n) is 55.3. The Labute approximate surface area is 556 Å². The van der Waals surface area contributed by atoms with Gasteiger partial charge in [0.15, 0.2) is 0 Å². The maximum atomic E-state index is 13.4. The second-order valence-electron chi connectivity index (χ2n) is 25.3. The van der Waals surface area contributed by atoms with Crippen LogP contribution in [0.25, 0.3) is 27.1 Å². The predicted molar refractivity (Wildman–Crippen MR) is 360 cm³/mol. The third-order valence-corrected chi connectivity index (χ3v) is 13.1. The van der Waals surface area contributed by atoms with Crippen molar-refractivity contribution in [3.63, 3.8) is 0 Å². The molecule has 448 valence electrons. The van der Waals surface area contributed by atoms with Crippen LogP contribution in [0.1, 0.15) is 164 Å². The van der Waals surface area contributed by atoms with Crippen molar-refractivity contribution in [2.75, 3.05) is 32.8 Å². The van der Waals surface area contributed by atoms with Gasteiger partial charge >= 0.3 is 51.9 Å². The Kier molecular flexibility index (Phi) is 38.0. The molecule has 7 aromatic rings. The second kappa shape index (κ2) is 41.3. The van der Waals surface area contributed by atoms with Gasteiger partial charge in [0.2, 0.25) is 0 Å². The largest absolute Gasteiger partial charge is 5.00 e. The number of hydrogen-bond donors (Lipinski definition) is 0. The molecule has 85 heavy (non-hydrogen) atoms. The summed E-state index contributed by atoms with van der Waals surface area (Å²) >= 11 is 0. The maximum Gasteiger partial charge on any atom is 5.00 e. The van der Waals surface area contributed by atoms with E-state index in [1.165, 1.54) is 65.5 Å². The molecule has 0 atom stereocenters. The molecule has 0 aromatic heterocycles. The van der Waals surface area contributed by atoms with Crippen molar-refractivity contribution in [2.45, 2.75) is 150 Å². The van der Waals surface area contributed by atoms with E-state index in [-0.39, 0.29) is 87.8 Å². The Morgan fingerprint density at radius 3 is 0.788 bits per heavy atom. The molecule has 7 aromatic carbocycles. The average molecular weight is 1250 g/mol. The summed E-state index contributed by atoms with van der Waals surface area (Å²) in [4.78, 5) is 0. The van der Waals surface area contributed by atoms with Gasteiger partial charge in [0.1, 0.15) is 0 Å². The first-order chi connectivity index (χ1) is 39.2. The molecule has 1 saturated heterocycles. The van der Waals surface area contributed by atoms with E-state index in [4.69, 9.17) is 4.74 Å². The van der Waals surface area contributed by atoms with Gasteiger partial charge in [-0.25, -0.2) is 0 Å². The van der Waals surface area contributed by atoms with Gasteiger partial charge in [0.25, 0.3) is 0 Å². The molecular formula is C76H100N3NaNbO3P. The number of nitrogens with zero attached hydrogens (tertiary/aromatic N) is 3. The smallest absolute Gasteiger partial charge is 0.897 e. The van der Waals surface area contributed by atoms with Crippen LogP contribution in [0.4, 0.5) is 17.1 Å². The van der Waals surface area contributed by atoms with E-state index in [9.17, 15) is 10.2 Å². The molecule has 0 bridgehead atoms. The van der Waals surface area contributed by atoms with Gasteiger partial charge in [-0.3, -0.25) is 11.0 Å². The number of unbranched alkanes of at least 4 members (excludes halogenated alkanes) is 2. The Morgan fingerprint density at radius 1 is 0.400 bits per heavy atom. The fraction of sp³-hybridized carbons (Fsp3) is 0.395. The topological polar surface area (TPSA) is 97.7 Å². The Bertz CT molecular complexity index is 2570. The van der Waals surface area contributed by atoms with Gasteiger partial charge in [0.05, 0.1) is 0 Å². The zero-order valence-corrected chi connectivity index (χ0v) is 60.4. The summed E-state index contributed by atoms with van der Waals surface area (Å²) in [5.41, 5.74) is 15.8. The minimum atomic E-state index is -0.216. The van der Waals surface area contributed by atoms with E-state index >= 15 is 0 Å². The number of ether oxygens (including phenoxy) is 1. The van der Waals surface area contributed by atoms with Gasteiger partial charge < -0.3 is 39.5 Å². The van der Waals surface area contributed by atoms with Gasteiger partial charge in [-0.15, -0.1) is 36.7 Å². The summed E-state index contributed by atoms with van der Waals surface area (Å²) in [6.45, 7) is 41.6. The van der Waals surface area contributed by atoms with Crippen LogP contribution in [0.5, 0.6) is 0 Å². The summed E-state index contributed by atoms with van der Waals surface area (Å²) in [7, 11) is 0.117. The zero-order chi connectivity index (χ0) is 61.4. The molecule has 9 heteroatoms. The molecule has 1 heterocycles. The van der Waals surface area contributed by atoms with Crippen LogP contribution in [-0.2, 0) is 27.1 Å². The summed E-state index contributed by atoms with van der Waals surface area (Å²) in [5.74, 6) is 0. The van der Waals surface area contributed by atoms with Crippen LogP contribution in [0.15, 0.2) is 187 Å². The van der Waals surface area contributed by atoms with Gasteiger partial charge in [-0.2, -0.15) is 0 Å². The molecule has 0 aliphatic carbocycles. The van der Waals surface area contributed by atoms with Crippen LogP contribution in [0.2, 0.25) is 0 Å². The van der Waals surface area contributed by atoms with Crippen LogP contribution >= 0.6 is 8.58 Å². The predicted octanol–water partition coefficient (Wildman–Crippen LogP) is 18.5. The summed E-state index contributed by atoms with van der Waals surface area (Å²) in [5, 5.41) is 40.7. The molecule has 6 nitrogen and oxygen atoms in total. The van der Waals surface area contributed by atoms with Crippen molar-refractivity contribution in [3.8, 4) is 0 Å². The molecule has 0 saturated carbocycles. The van der Waals surface area contributed by atoms with Crippen molar-refractivity contribution < 1.29 is 66.9 Å². The van der Waals surface area contributed by atoms with Crippen molar-refractivity contribution in [1.82, 2.24) is 0 Å². The molecular weight excluding hydrogens is 1150 g/mol. The van der Waals surface area contributed by atoms with E-state index in [0.717, 1.165) is 72.2 Å². The van der Waals surface area contributed by atoms with E-state index in [2.05, 4.69) is 188 Å². The average Bonchev–Trinajstić information content (AvgIpc) is 4.10. The first kappa shape index (κ1) is 78.2. The van der Waals surface area contributed by atoms with Crippen molar-refractivity contribution in [1.29, 1.82) is 0 Å². The third-order valence-electron chi connectivity index (χ3n) is 12.2. The van der Waals surface area contributed by atoms with E-state index in [1.807, 2.05) is 121 Å². The first-order valence-electron chi connectivity index (χ1n) is 29.9. The Balaban J connectivity index is 0.000000567. The van der Waals surface area contributed by atoms with E-state index in [0.29, 0.717) is 11.1 Å². The summed E-state index contributed by atoms with van der Waals surface area (Å²) < 4.78 is 4.94. The van der Waals surface area contributed by atoms with Gasteiger partial charge in [-0.05, 0) is 76.6 Å². The van der Waals surface area contributed by atoms with Crippen molar-refractivity contribution in [3.05, 3.63) is 259 Å². The SMILES string of the molecule is C1CCOC1.CCCCC.Cc1cc(C)cc([N-]CC(C)(C)C)c1.Cc1cc(C)cc([N-]CC(C)(C)C)c1.Cc1cc(C)cc([N-]CC(C)(C)C)c1.[Na+].[Nb+5].[O-]C([P-]C([O-])=C(c1ccccc1)c1ccccc1)=C(c1ccccc1)c1ccccc1. The number of hydrogen-bond acceptors (Lipinski definition) is 3. The molecule has 1 fully saturated rings. The quantitative estimate of drug-likeness (QED) is 0.0616. The Morgan fingerprint density at radius 2 is 0.624 bits per heavy atom. The van der Waals surface area contributed by atoms with E-state index in [1.54, 1.807) is 0 Å². The molecule has 0 radical (unpaired) electrons. The number of aryl methyl sites for hydroxylation is 6. The van der Waals surface area contributed by atoms with Crippen LogP contribution in [-0.4, -0.2) is 32.8 Å². The normalized spacial score (nSPS) is 11.4.